The molecule has 1 unspecified atom stereocenters. The number of rotatable bonds is 5. The van der Waals surface area contributed by atoms with Gasteiger partial charge in [-0.2, -0.15) is 26.9 Å². The van der Waals surface area contributed by atoms with Crippen molar-refractivity contribution in [3.63, 3.8) is 0 Å². The first kappa shape index (κ1) is 16.8. The number of ether oxygens (including phenoxy) is 1. The highest BCUT2D eigenvalue weighted by molar-refractivity contribution is 5.05. The van der Waals surface area contributed by atoms with Gasteiger partial charge in [-0.3, -0.25) is 0 Å². The van der Waals surface area contributed by atoms with Crippen molar-refractivity contribution in [1.29, 1.82) is 0 Å². The van der Waals surface area contributed by atoms with Crippen molar-refractivity contribution in [2.24, 2.45) is 5.73 Å². The maximum absolute atomic E-state index is 13.0. The number of nitrogens with zero attached hydrogens (tertiary/aromatic N) is 2. The molecule has 1 rings (SSSR count). The largest absolute Gasteiger partial charge is 0.463 e. The summed E-state index contributed by atoms with van der Waals surface area (Å²) in [7, 11) is 0. The van der Waals surface area contributed by atoms with Gasteiger partial charge in [0.25, 0.3) is 0 Å². The molecule has 0 aromatic carbocycles. The van der Waals surface area contributed by atoms with E-state index >= 15 is 0 Å². The van der Waals surface area contributed by atoms with E-state index in [2.05, 4.69) is 14.7 Å². The van der Waals surface area contributed by atoms with Crippen molar-refractivity contribution < 1.29 is 31.2 Å². The van der Waals surface area contributed by atoms with Crippen molar-refractivity contribution in [2.75, 3.05) is 6.61 Å². The Hall–Kier alpha value is -1.29. The van der Waals surface area contributed by atoms with Gasteiger partial charge in [-0.1, -0.05) is 5.16 Å². The van der Waals surface area contributed by atoms with Crippen molar-refractivity contribution in [2.45, 2.75) is 44.5 Å². The smallest absolute Gasteiger partial charge is 0.376 e. The summed E-state index contributed by atoms with van der Waals surface area (Å²) in [5.41, 5.74) is 4.27. The van der Waals surface area contributed by atoms with Gasteiger partial charge < -0.3 is 15.0 Å². The summed E-state index contributed by atoms with van der Waals surface area (Å²) in [5.74, 6) is -7.56. The molecule has 5 nitrogen and oxygen atoms in total. The van der Waals surface area contributed by atoms with Crippen LogP contribution in [0.1, 0.15) is 32.5 Å². The Bertz CT molecular complexity index is 456. The first-order valence-corrected chi connectivity index (χ1v) is 5.57. The molecule has 1 atom stereocenters. The third-order valence-electron chi connectivity index (χ3n) is 2.28. The predicted molar refractivity (Wildman–Crippen MR) is 56.9 cm³/mol. The molecule has 0 fully saturated rings. The van der Waals surface area contributed by atoms with Crippen LogP contribution < -0.4 is 5.73 Å². The number of aromatic nitrogens is 2. The second-order valence-corrected chi connectivity index (χ2v) is 4.77. The van der Waals surface area contributed by atoms with Crippen LogP contribution in [0.5, 0.6) is 0 Å². The highest BCUT2D eigenvalue weighted by Gasteiger charge is 2.63. The molecule has 0 saturated heterocycles. The topological polar surface area (TPSA) is 74.2 Å². The van der Waals surface area contributed by atoms with E-state index in [1.807, 2.05) is 0 Å². The first-order chi connectivity index (χ1) is 8.88. The zero-order valence-electron chi connectivity index (χ0n) is 11.0. The average molecular weight is 303 g/mol. The van der Waals surface area contributed by atoms with Crippen LogP contribution in [0.25, 0.3) is 0 Å². The third kappa shape index (κ3) is 3.42. The molecule has 1 aromatic heterocycles. The molecular formula is C10H14F5N3O2. The number of hydrogen-bond acceptors (Lipinski definition) is 5. The summed E-state index contributed by atoms with van der Waals surface area (Å²) in [6.07, 6.45) is -6.03. The van der Waals surface area contributed by atoms with Gasteiger partial charge in [0, 0.05) is 0 Å². The summed E-state index contributed by atoms with van der Waals surface area (Å²) in [6, 6.07) is 0. The average Bonchev–Trinajstić information content (AvgIpc) is 2.75. The minimum Gasteiger partial charge on any atom is -0.376 e. The van der Waals surface area contributed by atoms with Gasteiger partial charge in [-0.25, -0.2) is 0 Å². The molecular weight excluding hydrogens is 289 g/mol. The Morgan fingerprint density at radius 3 is 2.25 bits per heavy atom. The lowest BCUT2D eigenvalue weighted by Crippen LogP contribution is -2.40. The molecule has 0 bridgehead atoms. The summed E-state index contributed by atoms with van der Waals surface area (Å²) in [5, 5.41) is 3.07. The molecule has 10 heteroatoms. The summed E-state index contributed by atoms with van der Waals surface area (Å²) in [4.78, 5) is 3.05. The number of halogens is 5. The highest BCUT2D eigenvalue weighted by Crippen LogP contribution is 2.43. The Balaban J connectivity index is 2.97. The molecule has 1 aromatic rings. The number of nitrogens with two attached hydrogens (primary N) is 1. The summed E-state index contributed by atoms with van der Waals surface area (Å²) >= 11 is 0. The second kappa shape index (κ2) is 5.24. The maximum Gasteiger partial charge on any atom is 0.463 e. The van der Waals surface area contributed by atoms with Gasteiger partial charge in [0.2, 0.25) is 0 Å². The van der Waals surface area contributed by atoms with Crippen LogP contribution in [0.4, 0.5) is 22.0 Å². The van der Waals surface area contributed by atoms with Crippen molar-refractivity contribution >= 4 is 0 Å². The summed E-state index contributed by atoms with van der Waals surface area (Å²) in [6.45, 7) is 4.57. The quantitative estimate of drug-likeness (QED) is 0.845. The minimum absolute atomic E-state index is 0.165. The predicted octanol–water partition coefficient (Wildman–Crippen LogP) is 2.32. The lowest BCUT2D eigenvalue weighted by Gasteiger charge is -2.21. The van der Waals surface area contributed by atoms with E-state index in [-0.39, 0.29) is 12.7 Å². The van der Waals surface area contributed by atoms with E-state index in [0.29, 0.717) is 0 Å². The van der Waals surface area contributed by atoms with E-state index in [9.17, 15) is 22.0 Å². The highest BCUT2D eigenvalue weighted by atomic mass is 19.4. The van der Waals surface area contributed by atoms with E-state index in [0.717, 1.165) is 0 Å². The zero-order chi connectivity index (χ0) is 15.8. The van der Waals surface area contributed by atoms with E-state index in [1.54, 1.807) is 13.8 Å². The van der Waals surface area contributed by atoms with Gasteiger partial charge in [-0.15, -0.1) is 0 Å². The van der Waals surface area contributed by atoms with E-state index in [1.165, 1.54) is 6.92 Å². The molecule has 0 radical (unpaired) electrons. The van der Waals surface area contributed by atoms with Crippen LogP contribution in [-0.4, -0.2) is 29.0 Å². The lowest BCUT2D eigenvalue weighted by atomic mass is 10.1. The molecule has 116 valence electrons. The molecule has 1 heterocycles. The normalized spacial score (nSPS) is 16.5. The van der Waals surface area contributed by atoms with Crippen molar-refractivity contribution in [1.82, 2.24) is 10.1 Å². The zero-order valence-corrected chi connectivity index (χ0v) is 11.0. The van der Waals surface area contributed by atoms with Gasteiger partial charge in [-0.05, 0) is 20.8 Å². The number of hydrogen-bond donors (Lipinski definition) is 1. The van der Waals surface area contributed by atoms with Crippen LogP contribution in [0.2, 0.25) is 0 Å². The minimum atomic E-state index is -5.82. The Labute approximate surface area is 111 Å². The molecule has 2 N–H and O–H groups in total. The fourth-order valence-electron chi connectivity index (χ4n) is 1.11. The van der Waals surface area contributed by atoms with Gasteiger partial charge in [0.15, 0.2) is 5.82 Å². The monoisotopic (exact) mass is 303 g/mol. The Kier molecular flexibility index (Phi) is 4.39. The second-order valence-electron chi connectivity index (χ2n) is 4.77. The fraction of sp³-hybridized carbons (Fsp3) is 0.800. The number of alkyl halides is 5. The molecule has 0 aliphatic rings. The van der Waals surface area contributed by atoms with E-state index < -0.39 is 29.4 Å². The van der Waals surface area contributed by atoms with Gasteiger partial charge in [0.05, 0.1) is 12.7 Å². The van der Waals surface area contributed by atoms with Crippen molar-refractivity contribution in [3.8, 4) is 0 Å². The van der Waals surface area contributed by atoms with Gasteiger partial charge in [0.1, 0.15) is 5.54 Å². The standard InChI is InChI=1S/C10H14F5N3O2/c1-5(2)19-4-8(3,16)6-17-7(20-18-6)9(11,12)10(13,14)15/h5H,4,16H2,1-3H3. The van der Waals surface area contributed by atoms with Crippen LogP contribution in [-0.2, 0) is 16.2 Å². The molecule has 20 heavy (non-hydrogen) atoms. The molecule has 0 saturated carbocycles. The fourth-order valence-corrected chi connectivity index (χ4v) is 1.11. The summed E-state index contributed by atoms with van der Waals surface area (Å²) < 4.78 is 71.6. The molecule has 0 aliphatic heterocycles. The van der Waals surface area contributed by atoms with Crippen LogP contribution in [0.3, 0.4) is 0 Å². The van der Waals surface area contributed by atoms with Crippen molar-refractivity contribution in [3.05, 3.63) is 11.7 Å². The molecule has 0 spiro atoms. The third-order valence-corrected chi connectivity index (χ3v) is 2.28. The van der Waals surface area contributed by atoms with Crippen LogP contribution in [0.15, 0.2) is 4.52 Å². The first-order valence-electron chi connectivity index (χ1n) is 5.57. The maximum atomic E-state index is 13.0. The molecule has 0 amide bonds. The van der Waals surface area contributed by atoms with Gasteiger partial charge >= 0.3 is 18.0 Å². The molecule has 0 aliphatic carbocycles. The van der Waals surface area contributed by atoms with E-state index in [4.69, 9.17) is 10.5 Å². The Morgan fingerprint density at radius 1 is 1.25 bits per heavy atom. The Morgan fingerprint density at radius 2 is 1.80 bits per heavy atom. The SMILES string of the molecule is CC(C)OCC(C)(N)c1noc(C(F)(F)C(F)(F)F)n1. The van der Waals surface area contributed by atoms with Crippen LogP contribution >= 0.6 is 0 Å². The lowest BCUT2D eigenvalue weighted by molar-refractivity contribution is -0.298. The van der Waals surface area contributed by atoms with Crippen LogP contribution in [0, 0.1) is 0 Å².